The Bertz CT molecular complexity index is 945. The fraction of sp³-hybridized carbons (Fsp3) is 0.231. The van der Waals surface area contributed by atoms with Gasteiger partial charge in [-0.1, -0.05) is 72.8 Å². The molecule has 0 unspecified atom stereocenters. The summed E-state index contributed by atoms with van der Waals surface area (Å²) in [6, 6.07) is 26.7. The molecule has 0 bridgehead atoms. The number of rotatable bonds is 10. The van der Waals surface area contributed by atoms with E-state index in [0.717, 1.165) is 28.2 Å². The van der Waals surface area contributed by atoms with Crippen molar-refractivity contribution in [3.8, 4) is 5.75 Å². The molecular formula is C26H27NO4. The fourth-order valence-electron chi connectivity index (χ4n) is 3.21. The zero-order valence-corrected chi connectivity index (χ0v) is 17.9. The maximum Gasteiger partial charge on any atom is 0.330 e. The standard InChI is InChI=1S/C26H27NO4/c1-29-16-17-31-23-15-9-10-20(18-23)19-24(26(28)30-2)27-25(21-11-5-3-6-12-21)22-13-7-4-8-14-22/h3-15,18,24H,16-17,19H2,1-2H3/t24-/m1/s1. The summed E-state index contributed by atoms with van der Waals surface area (Å²) in [5.41, 5.74) is 3.58. The summed E-state index contributed by atoms with van der Waals surface area (Å²) in [5, 5.41) is 0. The highest BCUT2D eigenvalue weighted by atomic mass is 16.5. The molecule has 0 heterocycles. The monoisotopic (exact) mass is 417 g/mol. The van der Waals surface area contributed by atoms with Crippen molar-refractivity contribution in [2.24, 2.45) is 4.99 Å². The number of hydrogen-bond acceptors (Lipinski definition) is 5. The quantitative estimate of drug-likeness (QED) is 0.280. The highest BCUT2D eigenvalue weighted by Crippen LogP contribution is 2.18. The van der Waals surface area contributed by atoms with Crippen LogP contribution in [0.3, 0.4) is 0 Å². The van der Waals surface area contributed by atoms with Gasteiger partial charge in [-0.3, -0.25) is 4.99 Å². The van der Waals surface area contributed by atoms with Gasteiger partial charge in [-0.15, -0.1) is 0 Å². The second-order valence-corrected chi connectivity index (χ2v) is 6.94. The van der Waals surface area contributed by atoms with Gasteiger partial charge in [0, 0.05) is 24.7 Å². The van der Waals surface area contributed by atoms with Gasteiger partial charge in [0.2, 0.25) is 0 Å². The summed E-state index contributed by atoms with van der Waals surface area (Å²) < 4.78 is 15.8. The van der Waals surface area contributed by atoms with Crippen molar-refractivity contribution < 1.29 is 19.0 Å². The fourth-order valence-corrected chi connectivity index (χ4v) is 3.21. The van der Waals surface area contributed by atoms with E-state index in [2.05, 4.69) is 0 Å². The van der Waals surface area contributed by atoms with Gasteiger partial charge >= 0.3 is 5.97 Å². The molecule has 0 N–H and O–H groups in total. The second-order valence-electron chi connectivity index (χ2n) is 6.94. The number of esters is 1. The molecule has 0 saturated carbocycles. The van der Waals surface area contributed by atoms with Crippen LogP contribution < -0.4 is 4.74 Å². The SMILES string of the molecule is COCCOc1cccc(C[C@@H](N=C(c2ccccc2)c2ccccc2)C(=O)OC)c1. The number of carbonyl (C=O) groups is 1. The Kier molecular flexibility index (Phi) is 8.38. The third-order valence-corrected chi connectivity index (χ3v) is 4.74. The summed E-state index contributed by atoms with van der Waals surface area (Å²) in [7, 11) is 3.02. The average Bonchev–Trinajstić information content (AvgIpc) is 2.83. The largest absolute Gasteiger partial charge is 0.491 e. The van der Waals surface area contributed by atoms with E-state index in [1.807, 2.05) is 84.9 Å². The maximum absolute atomic E-state index is 12.6. The van der Waals surface area contributed by atoms with Crippen LogP contribution in [-0.2, 0) is 20.7 Å². The van der Waals surface area contributed by atoms with Gasteiger partial charge in [0.25, 0.3) is 0 Å². The Labute approximate surface area is 183 Å². The Morgan fingerprint density at radius 1 is 0.839 bits per heavy atom. The number of ether oxygens (including phenoxy) is 3. The highest BCUT2D eigenvalue weighted by Gasteiger charge is 2.21. The van der Waals surface area contributed by atoms with Crippen molar-refractivity contribution in [3.63, 3.8) is 0 Å². The molecule has 3 aromatic carbocycles. The number of hydrogen-bond donors (Lipinski definition) is 0. The topological polar surface area (TPSA) is 57.1 Å². The number of benzene rings is 3. The molecule has 1 atom stereocenters. The Morgan fingerprint density at radius 3 is 2.06 bits per heavy atom. The van der Waals surface area contributed by atoms with Gasteiger partial charge in [-0.05, 0) is 17.7 Å². The number of nitrogens with zero attached hydrogens (tertiary/aromatic N) is 1. The normalized spacial score (nSPS) is 11.4. The van der Waals surface area contributed by atoms with Crippen molar-refractivity contribution in [1.82, 2.24) is 0 Å². The lowest BCUT2D eigenvalue weighted by atomic mass is 10.0. The maximum atomic E-state index is 12.6. The number of aliphatic imine (C=N–C) groups is 1. The van der Waals surface area contributed by atoms with Crippen molar-refractivity contribution in [1.29, 1.82) is 0 Å². The molecule has 160 valence electrons. The second kappa shape index (κ2) is 11.7. The van der Waals surface area contributed by atoms with E-state index in [0.29, 0.717) is 19.6 Å². The van der Waals surface area contributed by atoms with Gasteiger partial charge in [0.1, 0.15) is 12.4 Å². The molecule has 0 radical (unpaired) electrons. The molecule has 0 aromatic heterocycles. The molecule has 0 fully saturated rings. The van der Waals surface area contributed by atoms with E-state index in [1.54, 1.807) is 7.11 Å². The average molecular weight is 418 g/mol. The zero-order chi connectivity index (χ0) is 21.9. The molecule has 0 spiro atoms. The molecule has 3 rings (SSSR count). The molecule has 0 amide bonds. The van der Waals surface area contributed by atoms with Gasteiger partial charge < -0.3 is 14.2 Å². The smallest absolute Gasteiger partial charge is 0.330 e. The first-order valence-electron chi connectivity index (χ1n) is 10.2. The van der Waals surface area contributed by atoms with Crippen LogP contribution in [-0.4, -0.2) is 45.2 Å². The van der Waals surface area contributed by atoms with Crippen LogP contribution in [0.4, 0.5) is 0 Å². The van der Waals surface area contributed by atoms with E-state index >= 15 is 0 Å². The first-order chi connectivity index (χ1) is 15.2. The van der Waals surface area contributed by atoms with Crippen molar-refractivity contribution in [2.75, 3.05) is 27.4 Å². The van der Waals surface area contributed by atoms with E-state index < -0.39 is 6.04 Å². The van der Waals surface area contributed by atoms with Crippen LogP contribution in [0.5, 0.6) is 5.75 Å². The van der Waals surface area contributed by atoms with E-state index in [1.165, 1.54) is 7.11 Å². The van der Waals surface area contributed by atoms with Gasteiger partial charge in [0.15, 0.2) is 6.04 Å². The Balaban J connectivity index is 1.93. The highest BCUT2D eigenvalue weighted by molar-refractivity contribution is 6.13. The van der Waals surface area contributed by atoms with Crippen LogP contribution in [0.15, 0.2) is 89.9 Å². The van der Waals surface area contributed by atoms with Crippen LogP contribution in [0.1, 0.15) is 16.7 Å². The minimum Gasteiger partial charge on any atom is -0.491 e. The third-order valence-electron chi connectivity index (χ3n) is 4.74. The molecule has 5 nitrogen and oxygen atoms in total. The van der Waals surface area contributed by atoms with Gasteiger partial charge in [0.05, 0.1) is 19.4 Å². The predicted molar refractivity (Wildman–Crippen MR) is 122 cm³/mol. The molecular weight excluding hydrogens is 390 g/mol. The minimum absolute atomic E-state index is 0.380. The lowest BCUT2D eigenvalue weighted by Gasteiger charge is -2.15. The Morgan fingerprint density at radius 2 is 1.48 bits per heavy atom. The lowest BCUT2D eigenvalue weighted by Crippen LogP contribution is -2.25. The molecule has 0 saturated heterocycles. The molecule has 5 heteroatoms. The first-order valence-corrected chi connectivity index (χ1v) is 10.2. The van der Waals surface area contributed by atoms with Crippen molar-refractivity contribution >= 4 is 11.7 Å². The van der Waals surface area contributed by atoms with Crippen molar-refractivity contribution in [3.05, 3.63) is 102 Å². The Hall–Kier alpha value is -3.44. The lowest BCUT2D eigenvalue weighted by molar-refractivity contribution is -0.142. The van der Waals surface area contributed by atoms with E-state index in [4.69, 9.17) is 19.2 Å². The number of carbonyl (C=O) groups excluding carboxylic acids is 1. The van der Waals surface area contributed by atoms with Gasteiger partial charge in [-0.2, -0.15) is 0 Å². The summed E-state index contributed by atoms with van der Waals surface area (Å²) in [5.74, 6) is 0.351. The van der Waals surface area contributed by atoms with Crippen LogP contribution in [0.25, 0.3) is 0 Å². The first kappa shape index (κ1) is 22.2. The van der Waals surface area contributed by atoms with Crippen molar-refractivity contribution in [2.45, 2.75) is 12.5 Å². The number of methoxy groups -OCH3 is 2. The van der Waals surface area contributed by atoms with Crippen LogP contribution in [0.2, 0.25) is 0 Å². The van der Waals surface area contributed by atoms with E-state index in [-0.39, 0.29) is 5.97 Å². The minimum atomic E-state index is -0.686. The predicted octanol–water partition coefficient (Wildman–Crippen LogP) is 4.33. The molecule has 3 aromatic rings. The zero-order valence-electron chi connectivity index (χ0n) is 17.9. The van der Waals surface area contributed by atoms with Crippen LogP contribution >= 0.6 is 0 Å². The van der Waals surface area contributed by atoms with Gasteiger partial charge in [-0.25, -0.2) is 4.79 Å². The molecule has 31 heavy (non-hydrogen) atoms. The summed E-state index contributed by atoms with van der Waals surface area (Å²) in [6.45, 7) is 0.974. The molecule has 0 aliphatic carbocycles. The summed E-state index contributed by atoms with van der Waals surface area (Å²) >= 11 is 0. The third kappa shape index (κ3) is 6.52. The van der Waals surface area contributed by atoms with E-state index in [9.17, 15) is 4.79 Å². The molecule has 0 aliphatic rings. The molecule has 0 aliphatic heterocycles. The van der Waals surface area contributed by atoms with Crippen LogP contribution in [0, 0.1) is 0 Å². The summed E-state index contributed by atoms with van der Waals surface area (Å²) in [4.78, 5) is 17.5. The summed E-state index contributed by atoms with van der Waals surface area (Å²) in [6.07, 6.45) is 0.400.